The van der Waals surface area contributed by atoms with Crippen molar-refractivity contribution < 1.29 is 31.7 Å². The summed E-state index contributed by atoms with van der Waals surface area (Å²) in [6.45, 7) is 6.59. The molecular formula is C41H44ClMnN7O5. The number of carbonyl (C=O) groups is 1. The van der Waals surface area contributed by atoms with Gasteiger partial charge in [0.2, 0.25) is 5.88 Å². The second kappa shape index (κ2) is 16.3. The number of rotatable bonds is 6. The zero-order valence-electron chi connectivity index (χ0n) is 31.6. The number of amides is 2. The summed E-state index contributed by atoms with van der Waals surface area (Å²) in [5, 5.41) is 13.5. The Morgan fingerprint density at radius 1 is 1.04 bits per heavy atom. The van der Waals surface area contributed by atoms with E-state index >= 15 is 0 Å². The summed E-state index contributed by atoms with van der Waals surface area (Å²) in [6, 6.07) is 19.3. The van der Waals surface area contributed by atoms with Gasteiger partial charge >= 0.3 is 28.8 Å². The standard InChI is InChI=1S/C31H34ClN4O3.C10H10N3O2.Mn/c1-20-6-3-4-7-22(20)23-8-5-9-24(28(23)32)25-18-21-10-11-26(27(21)29(33-25)39-2)36-15-13-31(19-36)12-14-35(16-17-37)30(38)34-31;1-6-4-8-7(5-11-6)9(14)13(3)10(15)12(8)2;/h3-5,7-9,18,26,37H,10-17,19H2,1-2H3,(H,34,38);4H,1-3H3;/q2*-1;+2. The fourth-order valence-corrected chi connectivity index (χ4v) is 8.45. The normalized spacial score (nSPS) is 19.1. The summed E-state index contributed by atoms with van der Waals surface area (Å²) >= 11 is 7.00. The fourth-order valence-electron chi connectivity index (χ4n) is 8.13. The van der Waals surface area contributed by atoms with Gasteiger partial charge in [-0.25, -0.2) is 14.6 Å². The fraction of sp³-hybridized carbons (Fsp3) is 0.390. The Morgan fingerprint density at radius 3 is 2.51 bits per heavy atom. The van der Waals surface area contributed by atoms with E-state index in [1.807, 2.05) is 37.3 Å². The molecule has 2 unspecified atom stereocenters. The van der Waals surface area contributed by atoms with Gasteiger partial charge in [-0.15, -0.1) is 11.6 Å². The Balaban J connectivity index is 0.000000270. The monoisotopic (exact) mass is 804 g/mol. The number of aromatic nitrogens is 4. The molecule has 5 heterocycles. The quantitative estimate of drug-likeness (QED) is 0.186. The van der Waals surface area contributed by atoms with Crippen molar-refractivity contribution in [1.82, 2.24) is 34.2 Å². The molecule has 2 aliphatic heterocycles. The first-order chi connectivity index (χ1) is 25.9. The second-order valence-corrected chi connectivity index (χ2v) is 14.8. The number of aliphatic hydroxyl groups excluding tert-OH is 1. The van der Waals surface area contributed by atoms with Crippen LogP contribution < -0.4 is 21.3 Å². The molecule has 1 spiro atoms. The molecule has 2 aromatic carbocycles. The Kier molecular flexibility index (Phi) is 11.9. The van der Waals surface area contributed by atoms with Crippen LogP contribution in [0.2, 0.25) is 5.02 Å². The minimum atomic E-state index is -0.361. The first-order valence-electron chi connectivity index (χ1n) is 18.2. The maximum absolute atomic E-state index is 12.6. The molecular weight excluding hydrogens is 761 g/mol. The molecule has 1 aliphatic carbocycles. The number of fused-ring (bicyclic) bond motifs is 2. The van der Waals surface area contributed by atoms with E-state index in [0.29, 0.717) is 34.9 Å². The number of urea groups is 1. The van der Waals surface area contributed by atoms with E-state index in [0.717, 1.165) is 82.5 Å². The van der Waals surface area contributed by atoms with E-state index in [4.69, 9.17) is 21.3 Å². The molecule has 2 saturated heterocycles. The number of methoxy groups -OCH3 is 1. The number of pyridine rings is 2. The van der Waals surface area contributed by atoms with Crippen LogP contribution in [0.4, 0.5) is 4.79 Å². The molecule has 0 saturated carbocycles. The molecule has 287 valence electrons. The Bertz CT molecular complexity index is 2380. The minimum absolute atomic E-state index is 0. The summed E-state index contributed by atoms with van der Waals surface area (Å²) in [6.07, 6.45) is 6.39. The predicted molar refractivity (Wildman–Crippen MR) is 208 cm³/mol. The van der Waals surface area contributed by atoms with Gasteiger partial charge < -0.3 is 39.0 Å². The third-order valence-corrected chi connectivity index (χ3v) is 11.5. The number of hydrogen-bond donors (Lipinski definition) is 2. The van der Waals surface area contributed by atoms with Gasteiger partial charge in [0, 0.05) is 62.5 Å². The molecule has 14 heteroatoms. The number of benzene rings is 2. The number of carbonyl (C=O) groups excluding carboxylic acids is 1. The minimum Gasteiger partial charge on any atom is -0.481 e. The number of aryl methyl sites for hydroxylation is 4. The Labute approximate surface area is 335 Å². The van der Waals surface area contributed by atoms with Crippen molar-refractivity contribution in [2.45, 2.75) is 51.1 Å². The molecule has 2 atom stereocenters. The van der Waals surface area contributed by atoms with Gasteiger partial charge in [-0.2, -0.15) is 29.8 Å². The van der Waals surface area contributed by atoms with Crippen molar-refractivity contribution in [3.05, 3.63) is 109 Å². The number of nitrogens with zero attached hydrogens (tertiary/aromatic N) is 6. The van der Waals surface area contributed by atoms with E-state index in [-0.39, 0.29) is 52.5 Å². The second-order valence-electron chi connectivity index (χ2n) is 14.4. The van der Waals surface area contributed by atoms with Crippen molar-refractivity contribution in [3.8, 4) is 28.3 Å². The molecule has 55 heavy (non-hydrogen) atoms. The van der Waals surface area contributed by atoms with Gasteiger partial charge in [0.1, 0.15) is 0 Å². The van der Waals surface area contributed by atoms with Crippen LogP contribution in [0.15, 0.2) is 58.1 Å². The number of nitrogens with one attached hydrogen (secondary N) is 1. The third kappa shape index (κ3) is 7.56. The molecule has 3 aromatic heterocycles. The number of β-amino-alcohol motifs (C(OH)–C–C–N with tert-alkyl or cyclic N) is 1. The topological polar surface area (TPSA) is 135 Å². The maximum atomic E-state index is 12.6. The largest absolute Gasteiger partial charge is 2.00 e. The van der Waals surface area contributed by atoms with Crippen LogP contribution in [0.5, 0.6) is 5.88 Å². The van der Waals surface area contributed by atoms with Crippen molar-refractivity contribution in [2.75, 3.05) is 39.9 Å². The van der Waals surface area contributed by atoms with Crippen LogP contribution >= 0.6 is 11.6 Å². The molecule has 1 radical (unpaired) electrons. The first-order valence-corrected chi connectivity index (χ1v) is 18.5. The van der Waals surface area contributed by atoms with Crippen LogP contribution in [-0.4, -0.2) is 85.5 Å². The summed E-state index contributed by atoms with van der Waals surface area (Å²) in [5.74, 6) is 0.651. The Hall–Kier alpha value is -4.52. The van der Waals surface area contributed by atoms with E-state index in [9.17, 15) is 19.5 Å². The van der Waals surface area contributed by atoms with Crippen molar-refractivity contribution >= 4 is 28.5 Å². The van der Waals surface area contributed by atoms with Crippen LogP contribution in [0.1, 0.15) is 47.7 Å². The van der Waals surface area contributed by atoms with Crippen molar-refractivity contribution in [2.24, 2.45) is 14.1 Å². The molecule has 2 N–H and O–H groups in total. The van der Waals surface area contributed by atoms with Gasteiger partial charge in [0.05, 0.1) is 24.9 Å². The third-order valence-electron chi connectivity index (χ3n) is 11.1. The van der Waals surface area contributed by atoms with E-state index in [1.54, 1.807) is 32.0 Å². The zero-order chi connectivity index (χ0) is 38.3. The average Bonchev–Trinajstić information content (AvgIpc) is 3.79. The number of likely N-dealkylation sites (tertiary alicyclic amines) is 1. The summed E-state index contributed by atoms with van der Waals surface area (Å²) < 4.78 is 8.36. The summed E-state index contributed by atoms with van der Waals surface area (Å²) in [4.78, 5) is 49.0. The molecule has 2 amide bonds. The van der Waals surface area contributed by atoms with Crippen LogP contribution in [-0.2, 0) is 37.6 Å². The number of halogens is 1. The van der Waals surface area contributed by atoms with Crippen LogP contribution in [0.25, 0.3) is 33.3 Å². The number of aliphatic hydroxyl groups is 1. The summed E-state index contributed by atoms with van der Waals surface area (Å²) in [5.41, 5.74) is 7.57. The zero-order valence-corrected chi connectivity index (χ0v) is 33.5. The van der Waals surface area contributed by atoms with Crippen molar-refractivity contribution in [1.29, 1.82) is 0 Å². The molecule has 5 aromatic rings. The molecule has 8 rings (SSSR count). The van der Waals surface area contributed by atoms with E-state index < -0.39 is 0 Å². The Morgan fingerprint density at radius 2 is 1.78 bits per heavy atom. The molecule has 2 fully saturated rings. The maximum Gasteiger partial charge on any atom is 2.00 e. The molecule has 12 nitrogen and oxygen atoms in total. The number of ether oxygens (including phenoxy) is 1. The van der Waals surface area contributed by atoms with Gasteiger partial charge in [-0.05, 0) is 60.1 Å². The van der Waals surface area contributed by atoms with Crippen LogP contribution in [0, 0.1) is 26.1 Å². The van der Waals surface area contributed by atoms with Gasteiger partial charge in [-0.1, -0.05) is 49.2 Å². The van der Waals surface area contributed by atoms with E-state index in [1.165, 1.54) is 17.2 Å². The van der Waals surface area contributed by atoms with Gasteiger partial charge in [-0.3, -0.25) is 4.90 Å². The van der Waals surface area contributed by atoms with Gasteiger partial charge in [0.15, 0.2) is 5.56 Å². The summed E-state index contributed by atoms with van der Waals surface area (Å²) in [7, 11) is 4.75. The first kappa shape index (κ1) is 40.2. The van der Waals surface area contributed by atoms with E-state index in [2.05, 4.69) is 39.6 Å². The predicted octanol–water partition coefficient (Wildman–Crippen LogP) is 4.76. The SMILES string of the molecule is COc1nc(-c2cccc(-c3ccc[c-]c3C)c2Cl)cc2c1C(N1CCC3(CCN(CCO)C(=O)N3)C1)CC2.Cc1cc2c([c-]n1)c(=O)n(C)c(=O)n2C.[Mn+2]. The molecule has 0 bridgehead atoms. The number of hydrogen-bond acceptors (Lipinski definition) is 8. The average molecular weight is 805 g/mol. The molecule has 3 aliphatic rings. The smallest absolute Gasteiger partial charge is 0.481 e. The van der Waals surface area contributed by atoms with Gasteiger partial charge in [0.25, 0.3) is 0 Å². The van der Waals surface area contributed by atoms with Crippen molar-refractivity contribution in [3.63, 3.8) is 0 Å². The van der Waals surface area contributed by atoms with Crippen LogP contribution in [0.3, 0.4) is 0 Å².